The Hall–Kier alpha value is -4.66. The zero-order valence-electron chi connectivity index (χ0n) is 34.4. The Morgan fingerprint density at radius 3 is 2.38 bits per heavy atom. The second-order valence-corrected chi connectivity index (χ2v) is 18.9. The molecule has 15 N–H and O–H groups in total. The molecule has 3 aliphatic heterocycles. The predicted octanol–water partition coefficient (Wildman–Crippen LogP) is -0.849. The number of carbonyl (C=O) groups is 2. The number of ether oxygens (including phenoxy) is 1. The topological polar surface area (TPSA) is 386 Å². The molecule has 25 nitrogen and oxygen atoms in total. The first kappa shape index (κ1) is 47.3. The van der Waals surface area contributed by atoms with Crippen LogP contribution in [0.2, 0.25) is 0 Å². The number of fused-ring (bicyclic) bond motifs is 3. The van der Waals surface area contributed by atoms with Crippen LogP contribution in [0, 0.1) is 19.3 Å². The lowest BCUT2D eigenvalue weighted by Crippen LogP contribution is -2.80. The van der Waals surface area contributed by atoms with Crippen LogP contribution in [-0.2, 0) is 22.9 Å². The molecule has 7 rings (SSSR count). The lowest BCUT2D eigenvalue weighted by atomic mass is 9.70. The molecule has 27 heteroatoms. The van der Waals surface area contributed by atoms with Crippen molar-refractivity contribution < 1.29 is 72.8 Å². The van der Waals surface area contributed by atoms with Crippen LogP contribution in [0.25, 0.3) is 11.2 Å². The Labute approximate surface area is 365 Å². The number of rotatable bonds is 17. The number of amides is 3. The molecular formula is C37H50N10O15P2+2. The summed E-state index contributed by atoms with van der Waals surface area (Å²) < 4.78 is 21.2. The van der Waals surface area contributed by atoms with E-state index in [-0.39, 0.29) is 29.1 Å². The summed E-state index contributed by atoms with van der Waals surface area (Å²) in [5.74, 6) is -1.47. The van der Waals surface area contributed by atoms with E-state index >= 15 is 0 Å². The SMILES string of the molecule is CC(=N)C[C@@H](c1ccccc1)[C@]12Nc3cc(C)c(C)cc3N(C[C@H](O)[C@H](O)[C@H](O)CO[P+](O)(O)O[P+](O)(O)OC[C@H]3O[C@@H](n4cnc5c(N)ncnc54)[C@H](O)[C@@H]3O)[C@@H]1NC(=O)NC2=O. The minimum Gasteiger partial charge on any atom is -0.388 e. The molecule has 2 saturated heterocycles. The fourth-order valence-corrected chi connectivity index (χ4v) is 10.2. The van der Waals surface area contributed by atoms with E-state index in [4.69, 9.17) is 24.9 Å². The summed E-state index contributed by atoms with van der Waals surface area (Å²) in [6.45, 7) is 2.67. The van der Waals surface area contributed by atoms with Gasteiger partial charge in [0.25, 0.3) is 5.91 Å². The minimum absolute atomic E-state index is 0.0399. The molecule has 0 bridgehead atoms. The van der Waals surface area contributed by atoms with Crippen molar-refractivity contribution in [2.75, 3.05) is 35.7 Å². The van der Waals surface area contributed by atoms with Gasteiger partial charge in [-0.25, -0.2) is 19.7 Å². The van der Waals surface area contributed by atoms with Crippen LogP contribution in [0.3, 0.4) is 0 Å². The van der Waals surface area contributed by atoms with Crippen molar-refractivity contribution in [3.8, 4) is 0 Å². The molecule has 0 spiro atoms. The van der Waals surface area contributed by atoms with Crippen molar-refractivity contribution in [2.24, 2.45) is 0 Å². The highest BCUT2D eigenvalue weighted by Crippen LogP contribution is 2.70. The van der Waals surface area contributed by atoms with E-state index < -0.39 is 109 Å². The van der Waals surface area contributed by atoms with Crippen LogP contribution < -0.4 is 26.6 Å². The fourth-order valence-electron chi connectivity index (χ4n) is 8.07. The van der Waals surface area contributed by atoms with Crippen LogP contribution in [0.5, 0.6) is 0 Å². The van der Waals surface area contributed by atoms with E-state index in [2.05, 4.69) is 35.2 Å². The highest BCUT2D eigenvalue weighted by atomic mass is 31.3. The van der Waals surface area contributed by atoms with E-state index in [9.17, 15) is 54.7 Å². The second kappa shape index (κ2) is 18.3. The number of anilines is 3. The lowest BCUT2D eigenvalue weighted by molar-refractivity contribution is -0.127. The Balaban J connectivity index is 1.03. The molecule has 64 heavy (non-hydrogen) atoms. The Morgan fingerprint density at radius 1 is 0.984 bits per heavy atom. The van der Waals surface area contributed by atoms with Crippen molar-refractivity contribution in [1.82, 2.24) is 30.2 Å². The van der Waals surface area contributed by atoms with Crippen molar-refractivity contribution in [1.29, 1.82) is 5.41 Å². The maximum atomic E-state index is 14.3. The number of β-amino-alcohol motifs (C(OH)–C–C–N with tert-alkyl or cyclic N) is 1. The number of nitrogen functional groups attached to an aromatic ring is 1. The summed E-state index contributed by atoms with van der Waals surface area (Å²) in [5.41, 5.74) is 7.76. The molecule has 3 aliphatic rings. The monoisotopic (exact) mass is 936 g/mol. The number of aromatic nitrogens is 4. The quantitative estimate of drug-likeness (QED) is 0.0453. The summed E-state index contributed by atoms with van der Waals surface area (Å²) in [5, 5.41) is 71.8. The third-order valence-corrected chi connectivity index (χ3v) is 14.0. The first-order chi connectivity index (χ1) is 30.1. The first-order valence-corrected chi connectivity index (χ1v) is 22.7. The van der Waals surface area contributed by atoms with Gasteiger partial charge in [0.05, 0.1) is 22.0 Å². The molecule has 5 heterocycles. The van der Waals surface area contributed by atoms with Crippen molar-refractivity contribution in [3.63, 3.8) is 0 Å². The van der Waals surface area contributed by atoms with Gasteiger partial charge in [-0.15, -0.1) is 9.05 Å². The largest absolute Gasteiger partial charge is 0.620 e. The highest BCUT2D eigenvalue weighted by Gasteiger charge is 2.63. The van der Waals surface area contributed by atoms with Gasteiger partial charge in [0.15, 0.2) is 23.2 Å². The summed E-state index contributed by atoms with van der Waals surface area (Å²) >= 11 is 0. The average Bonchev–Trinajstić information content (AvgIpc) is 3.79. The number of nitrogens with two attached hydrogens (primary N) is 1. The van der Waals surface area contributed by atoms with E-state index in [1.54, 1.807) is 49.4 Å². The van der Waals surface area contributed by atoms with Gasteiger partial charge in [0, 0.05) is 18.2 Å². The molecule has 4 aromatic rings. The maximum Gasteiger partial charge on any atom is 0.620 e. The van der Waals surface area contributed by atoms with E-state index in [1.165, 1.54) is 15.8 Å². The zero-order chi connectivity index (χ0) is 46.5. The summed E-state index contributed by atoms with van der Waals surface area (Å²) in [4.78, 5) is 82.5. The smallest absolute Gasteiger partial charge is 0.388 e. The van der Waals surface area contributed by atoms with Crippen LogP contribution >= 0.6 is 16.3 Å². The number of carbonyl (C=O) groups excluding carboxylic acids is 2. The Bertz CT molecular complexity index is 2380. The van der Waals surface area contributed by atoms with Gasteiger partial charge in [0.1, 0.15) is 67.8 Å². The van der Waals surface area contributed by atoms with Crippen LogP contribution in [0.4, 0.5) is 22.0 Å². The number of hydrogen-bond acceptors (Lipinski definition) is 22. The molecule has 2 fully saturated rings. The number of benzene rings is 2. The molecule has 346 valence electrons. The number of imide groups is 1. The van der Waals surface area contributed by atoms with Crippen molar-refractivity contribution in [2.45, 2.75) is 87.7 Å². The van der Waals surface area contributed by atoms with E-state index in [0.717, 1.165) is 17.5 Å². The van der Waals surface area contributed by atoms with Gasteiger partial charge in [-0.1, -0.05) is 30.3 Å². The number of imidazole rings is 1. The number of aliphatic hydroxyl groups is 5. The molecular weight excluding hydrogens is 886 g/mol. The normalized spacial score (nSPS) is 25.4. The third kappa shape index (κ3) is 9.37. The summed E-state index contributed by atoms with van der Waals surface area (Å²) in [7, 11) is -10.5. The number of hydrogen-bond donors (Lipinski definition) is 14. The lowest BCUT2D eigenvalue weighted by Gasteiger charge is -2.56. The zero-order valence-corrected chi connectivity index (χ0v) is 36.2. The van der Waals surface area contributed by atoms with E-state index in [1.807, 2.05) is 13.8 Å². The number of aryl methyl sites for hydroxylation is 2. The van der Waals surface area contributed by atoms with Gasteiger partial charge in [-0.2, -0.15) is 19.6 Å². The van der Waals surface area contributed by atoms with Crippen LogP contribution in [-0.4, -0.2) is 150 Å². The average molecular weight is 937 g/mol. The molecule has 10 atom stereocenters. The number of nitrogens with one attached hydrogen (secondary N) is 4. The van der Waals surface area contributed by atoms with Crippen molar-refractivity contribution >= 4 is 62.3 Å². The predicted molar refractivity (Wildman–Crippen MR) is 227 cm³/mol. The highest BCUT2D eigenvalue weighted by molar-refractivity contribution is 7.68. The second-order valence-electron chi connectivity index (χ2n) is 15.8. The van der Waals surface area contributed by atoms with Crippen LogP contribution in [0.15, 0.2) is 55.1 Å². The number of nitrogens with zero attached hydrogens (tertiary/aromatic N) is 5. The van der Waals surface area contributed by atoms with Crippen LogP contribution in [0.1, 0.15) is 42.2 Å². The standard InChI is InChI=1S/C37H48N10O15P2/c1-17-9-22-23(10-18(17)2)46(34-37(45-22,35(53)44-36(54)43-34)21(11-19(3)38)20-7-5-4-6-8-20)12-24(48)28(50)25(49)13-59-63(55,56)62-64(57,58)60-14-26-29(51)30(52)33(61-26)47-16-42-27-31(39)40-15-41-32(27)47/h4-10,15-16,21,24-26,28-30,33-34,38,45,48-52,55-58H,11-14H2,1-3H3,(H2-2,39,40,41,43,44,53,54)/p+2/t21-,24-,25+,26+,28-,29+,30+,33+,34-,37-/m0/s1. The fraction of sp³-hybridized carbons (Fsp3) is 0.459. The molecule has 2 aromatic heterocycles. The van der Waals surface area contributed by atoms with Gasteiger partial charge < -0.3 is 56.9 Å². The third-order valence-electron chi connectivity index (χ3n) is 11.3. The van der Waals surface area contributed by atoms with Gasteiger partial charge >= 0.3 is 22.4 Å². The molecule has 0 aliphatic carbocycles. The Kier molecular flexibility index (Phi) is 13.5. The van der Waals surface area contributed by atoms with Crippen molar-refractivity contribution in [3.05, 3.63) is 71.8 Å². The van der Waals surface area contributed by atoms with Gasteiger partial charge in [0.2, 0.25) is 0 Å². The molecule has 0 radical (unpaired) electrons. The summed E-state index contributed by atoms with van der Waals surface area (Å²) in [6, 6.07) is 11.6. The maximum absolute atomic E-state index is 14.3. The molecule has 0 saturated carbocycles. The summed E-state index contributed by atoms with van der Waals surface area (Å²) in [6.07, 6.45) is -11.0. The Morgan fingerprint density at radius 2 is 1.67 bits per heavy atom. The molecule has 2 aromatic carbocycles. The number of aliphatic hydroxyl groups excluding tert-OH is 5. The first-order valence-electron chi connectivity index (χ1n) is 19.7. The minimum atomic E-state index is -5.29. The van der Waals surface area contributed by atoms with E-state index in [0.29, 0.717) is 16.9 Å². The van der Waals surface area contributed by atoms with Gasteiger partial charge in [-0.3, -0.25) is 14.7 Å². The molecule has 3 amide bonds. The van der Waals surface area contributed by atoms with Gasteiger partial charge in [-0.05, 0) is 56.0 Å². The number of urea groups is 1. The molecule has 0 unspecified atom stereocenters.